The first kappa shape index (κ1) is 17.9. The summed E-state index contributed by atoms with van der Waals surface area (Å²) in [7, 11) is 0. The van der Waals surface area contributed by atoms with Crippen LogP contribution in [0.2, 0.25) is 0 Å². The van der Waals surface area contributed by atoms with Crippen LogP contribution >= 0.6 is 0 Å². The number of carbonyl (C=O) groups is 1. The lowest BCUT2D eigenvalue weighted by Crippen LogP contribution is -2.47. The number of carbonyl (C=O) groups excluding carboxylic acids is 1. The second-order valence-electron chi connectivity index (χ2n) is 7.29. The fourth-order valence-electron chi connectivity index (χ4n) is 4.25. The number of hydrogen-bond acceptors (Lipinski definition) is 4. The molecule has 0 aliphatic heterocycles. The van der Waals surface area contributed by atoms with E-state index in [0.717, 1.165) is 43.4 Å². The quantitative estimate of drug-likeness (QED) is 0.496. The van der Waals surface area contributed by atoms with Crippen molar-refractivity contribution < 1.29 is 9.53 Å². The zero-order valence-corrected chi connectivity index (χ0v) is 15.5. The molecule has 2 N–H and O–H groups in total. The first-order valence-corrected chi connectivity index (χ1v) is 9.32. The molecule has 25 heavy (non-hydrogen) atoms. The summed E-state index contributed by atoms with van der Waals surface area (Å²) in [6.45, 7) is 6.32. The van der Waals surface area contributed by atoms with E-state index >= 15 is 0 Å². The molecule has 4 nitrogen and oxygen atoms in total. The van der Waals surface area contributed by atoms with Crippen LogP contribution in [-0.4, -0.2) is 11.0 Å². The Kier molecular flexibility index (Phi) is 5.09. The van der Waals surface area contributed by atoms with Gasteiger partial charge in [-0.2, -0.15) is 0 Å². The molecule has 0 spiro atoms. The number of hydrogen-bond donors (Lipinski definition) is 1. The highest BCUT2D eigenvalue weighted by atomic mass is 16.5. The number of esters is 1. The molecule has 2 aliphatic rings. The lowest BCUT2D eigenvalue weighted by molar-refractivity contribution is -0.134. The van der Waals surface area contributed by atoms with Crippen LogP contribution in [0.4, 0.5) is 0 Å². The van der Waals surface area contributed by atoms with Crippen molar-refractivity contribution in [3.05, 3.63) is 46.7 Å². The van der Waals surface area contributed by atoms with Crippen molar-refractivity contribution in [1.29, 1.82) is 0 Å². The Morgan fingerprint density at radius 1 is 1.44 bits per heavy atom. The van der Waals surface area contributed by atoms with Crippen molar-refractivity contribution in [1.82, 2.24) is 4.98 Å². The first-order valence-electron chi connectivity index (χ1n) is 9.32. The zero-order valence-electron chi connectivity index (χ0n) is 15.5. The highest BCUT2D eigenvalue weighted by Gasteiger charge is 2.44. The van der Waals surface area contributed by atoms with Gasteiger partial charge in [0, 0.05) is 24.8 Å². The number of rotatable bonds is 5. The van der Waals surface area contributed by atoms with Crippen LogP contribution < -0.4 is 10.5 Å². The minimum absolute atomic E-state index is 0.204. The zero-order chi connectivity index (χ0) is 18.0. The molecule has 2 aliphatic carbocycles. The highest BCUT2D eigenvalue weighted by molar-refractivity contribution is 5.71. The number of unbranched alkanes of at least 4 members (excludes halogenated alkanes) is 2. The van der Waals surface area contributed by atoms with E-state index in [1.807, 2.05) is 6.07 Å². The van der Waals surface area contributed by atoms with Crippen molar-refractivity contribution in [2.75, 3.05) is 0 Å². The molecule has 0 saturated heterocycles. The molecule has 0 unspecified atom stereocenters. The monoisotopic (exact) mass is 340 g/mol. The molecule has 3 rings (SSSR count). The second-order valence-corrected chi connectivity index (χ2v) is 7.29. The van der Waals surface area contributed by atoms with Crippen molar-refractivity contribution in [2.24, 2.45) is 11.7 Å². The minimum atomic E-state index is -0.484. The SMILES string of the molecule is C/C=C1\[C@H]2C=C(C)C[C@]1(N)c1ccc(OC(=O)CCCCC)nc1C2. The lowest BCUT2D eigenvalue weighted by atomic mass is 9.63. The summed E-state index contributed by atoms with van der Waals surface area (Å²) < 4.78 is 5.44. The van der Waals surface area contributed by atoms with Gasteiger partial charge in [0.2, 0.25) is 5.88 Å². The van der Waals surface area contributed by atoms with Crippen molar-refractivity contribution in [2.45, 2.75) is 64.8 Å². The summed E-state index contributed by atoms with van der Waals surface area (Å²) in [6, 6.07) is 3.78. The molecular formula is C21H28N2O2. The smallest absolute Gasteiger partial charge is 0.312 e. The maximum absolute atomic E-state index is 12.0. The summed E-state index contributed by atoms with van der Waals surface area (Å²) in [5, 5.41) is 0. The van der Waals surface area contributed by atoms with E-state index in [9.17, 15) is 4.79 Å². The van der Waals surface area contributed by atoms with E-state index in [1.165, 1.54) is 11.1 Å². The van der Waals surface area contributed by atoms with E-state index in [1.54, 1.807) is 6.07 Å². The molecule has 2 atom stereocenters. The van der Waals surface area contributed by atoms with E-state index < -0.39 is 5.54 Å². The molecular weight excluding hydrogens is 312 g/mol. The van der Waals surface area contributed by atoms with Crippen LogP contribution in [0.5, 0.6) is 5.88 Å². The topological polar surface area (TPSA) is 65.2 Å². The Bertz CT molecular complexity index is 735. The summed E-state index contributed by atoms with van der Waals surface area (Å²) in [5.74, 6) is 0.482. The Balaban J connectivity index is 1.84. The second kappa shape index (κ2) is 7.12. The molecule has 4 heteroatoms. The van der Waals surface area contributed by atoms with Gasteiger partial charge in [-0.15, -0.1) is 0 Å². The number of allylic oxidation sites excluding steroid dienone is 2. The average molecular weight is 340 g/mol. The molecule has 0 fully saturated rings. The summed E-state index contributed by atoms with van der Waals surface area (Å²) in [5.41, 5.74) is 11.0. The summed E-state index contributed by atoms with van der Waals surface area (Å²) in [6.07, 6.45) is 9.52. The number of nitrogens with zero attached hydrogens (tertiary/aromatic N) is 1. The van der Waals surface area contributed by atoms with Crippen LogP contribution in [0.3, 0.4) is 0 Å². The summed E-state index contributed by atoms with van der Waals surface area (Å²) in [4.78, 5) is 16.6. The van der Waals surface area contributed by atoms with E-state index in [4.69, 9.17) is 10.5 Å². The first-order chi connectivity index (χ1) is 12.0. The molecule has 1 heterocycles. The number of aromatic nitrogens is 1. The van der Waals surface area contributed by atoms with Gasteiger partial charge in [-0.25, -0.2) is 4.98 Å². The largest absolute Gasteiger partial charge is 0.407 e. The van der Waals surface area contributed by atoms with Gasteiger partial charge in [0.05, 0.1) is 11.2 Å². The third kappa shape index (κ3) is 3.40. The Morgan fingerprint density at radius 2 is 2.24 bits per heavy atom. The standard InChI is InChI=1S/C21H28N2O2/c1-4-6-7-8-20(24)25-19-10-9-17-18(23-19)12-15-11-14(3)13-21(17,22)16(15)5-2/h5,9-11,15H,4,6-8,12-13,22H2,1-3H3/b16-5+/t15-,21+/m0/s1. The highest BCUT2D eigenvalue weighted by Crippen LogP contribution is 2.48. The van der Waals surface area contributed by atoms with Gasteiger partial charge < -0.3 is 10.5 Å². The van der Waals surface area contributed by atoms with Gasteiger partial charge in [0.15, 0.2) is 0 Å². The van der Waals surface area contributed by atoms with Gasteiger partial charge in [0.1, 0.15) is 0 Å². The van der Waals surface area contributed by atoms with Crippen LogP contribution in [0.1, 0.15) is 64.1 Å². The van der Waals surface area contributed by atoms with Crippen molar-refractivity contribution >= 4 is 5.97 Å². The maximum atomic E-state index is 12.0. The van der Waals surface area contributed by atoms with E-state index in [0.29, 0.717) is 18.2 Å². The molecule has 0 aromatic carbocycles. The lowest BCUT2D eigenvalue weighted by Gasteiger charge is -2.45. The van der Waals surface area contributed by atoms with Gasteiger partial charge in [-0.1, -0.05) is 37.5 Å². The normalized spacial score (nSPS) is 26.2. The van der Waals surface area contributed by atoms with Crippen molar-refractivity contribution in [3.8, 4) is 5.88 Å². The van der Waals surface area contributed by atoms with Gasteiger partial charge in [-0.05, 0) is 43.9 Å². The van der Waals surface area contributed by atoms with Gasteiger partial charge >= 0.3 is 5.97 Å². The third-order valence-corrected chi connectivity index (χ3v) is 5.31. The molecule has 134 valence electrons. The minimum Gasteiger partial charge on any atom is -0.407 e. The van der Waals surface area contributed by atoms with Crippen molar-refractivity contribution in [3.63, 3.8) is 0 Å². The molecule has 1 aromatic heterocycles. The van der Waals surface area contributed by atoms with Gasteiger partial charge in [0.25, 0.3) is 0 Å². The maximum Gasteiger partial charge on any atom is 0.312 e. The van der Waals surface area contributed by atoms with Crippen LogP contribution in [-0.2, 0) is 16.8 Å². The predicted molar refractivity (Wildman–Crippen MR) is 99.2 cm³/mol. The molecule has 0 amide bonds. The van der Waals surface area contributed by atoms with Crippen LogP contribution in [0.15, 0.2) is 35.4 Å². The van der Waals surface area contributed by atoms with E-state index in [2.05, 4.69) is 37.9 Å². The fourth-order valence-corrected chi connectivity index (χ4v) is 4.25. The average Bonchev–Trinajstić information content (AvgIpc) is 2.54. The van der Waals surface area contributed by atoms with Crippen LogP contribution in [0.25, 0.3) is 0 Å². The Morgan fingerprint density at radius 3 is 2.96 bits per heavy atom. The number of nitrogens with two attached hydrogens (primary N) is 1. The van der Waals surface area contributed by atoms with Gasteiger partial charge in [-0.3, -0.25) is 4.79 Å². The third-order valence-electron chi connectivity index (χ3n) is 5.31. The fraction of sp³-hybridized carbons (Fsp3) is 0.524. The van der Waals surface area contributed by atoms with E-state index in [-0.39, 0.29) is 5.97 Å². The molecule has 1 aromatic rings. The summed E-state index contributed by atoms with van der Waals surface area (Å²) >= 11 is 0. The molecule has 0 saturated carbocycles. The van der Waals surface area contributed by atoms with Crippen LogP contribution in [0, 0.1) is 5.92 Å². The molecule has 2 bridgehead atoms. The molecule has 0 radical (unpaired) electrons. The number of pyridine rings is 1. The number of fused-ring (bicyclic) bond motifs is 4. The Hall–Kier alpha value is -1.94. The number of ether oxygens (including phenoxy) is 1. The predicted octanol–water partition coefficient (Wildman–Crippen LogP) is 4.19. The Labute approximate surface area is 150 Å².